The highest BCUT2D eigenvalue weighted by Gasteiger charge is 2.53. The predicted octanol–water partition coefficient (Wildman–Crippen LogP) is 3.57. The Hall–Kier alpha value is -3.91. The summed E-state index contributed by atoms with van der Waals surface area (Å²) in [5, 5.41) is 2.43. The van der Waals surface area contributed by atoms with E-state index in [1.165, 1.54) is 30.5 Å². The van der Waals surface area contributed by atoms with Crippen LogP contribution in [0.5, 0.6) is 0 Å². The van der Waals surface area contributed by atoms with Gasteiger partial charge in [0.25, 0.3) is 10.0 Å². The molecule has 9 nitrogen and oxygen atoms in total. The number of alkyl halides is 3. The summed E-state index contributed by atoms with van der Waals surface area (Å²) in [6.45, 7) is -0.0826. The lowest BCUT2D eigenvalue weighted by Gasteiger charge is -2.16. The third-order valence-corrected chi connectivity index (χ3v) is 7.11. The zero-order valence-corrected chi connectivity index (χ0v) is 19.5. The minimum Gasteiger partial charge on any atom is -0.443 e. The number of benzene rings is 1. The Morgan fingerprint density at radius 2 is 1.78 bits per heavy atom. The lowest BCUT2D eigenvalue weighted by molar-refractivity contribution is -0.138. The Kier molecular flexibility index (Phi) is 5.95. The molecule has 1 aliphatic rings. The fraction of sp³-hybridized carbons (Fsp3) is 0.217. The van der Waals surface area contributed by atoms with Gasteiger partial charge in [0.2, 0.25) is 11.0 Å². The molecule has 37 heavy (non-hydrogen) atoms. The third kappa shape index (κ3) is 5.15. The van der Waals surface area contributed by atoms with Crippen molar-refractivity contribution in [2.24, 2.45) is 0 Å². The second kappa shape index (κ2) is 8.88. The van der Waals surface area contributed by atoms with E-state index in [2.05, 4.69) is 25.0 Å². The standard InChI is InChI=1S/C23H17F4N5O4S/c24-16-1-2-18-14(7-16)9-19(36-18)37(34,35)32-22(4-5-22)21(33)31-12-17-8-13(3-6-28-17)20-29-10-15(11-30-20)23(25,26)27/h1-3,6-11,32H,4-5,12H2,(H,31,33). The number of hydrogen-bond donors (Lipinski definition) is 2. The van der Waals surface area contributed by atoms with Crippen LogP contribution in [-0.4, -0.2) is 34.8 Å². The molecule has 192 valence electrons. The number of fused-ring (bicyclic) bond motifs is 1. The Morgan fingerprint density at radius 3 is 2.46 bits per heavy atom. The molecule has 0 spiro atoms. The minimum atomic E-state index is -4.56. The highest BCUT2D eigenvalue weighted by atomic mass is 32.2. The summed E-state index contributed by atoms with van der Waals surface area (Å²) in [6, 6.07) is 7.75. The minimum absolute atomic E-state index is 0.0418. The summed E-state index contributed by atoms with van der Waals surface area (Å²) in [5.74, 6) is -1.10. The van der Waals surface area contributed by atoms with Crippen LogP contribution in [0, 0.1) is 5.82 Å². The molecule has 2 N–H and O–H groups in total. The van der Waals surface area contributed by atoms with Crippen molar-refractivity contribution in [1.82, 2.24) is 25.0 Å². The molecule has 3 heterocycles. The number of nitrogens with zero attached hydrogens (tertiary/aromatic N) is 3. The second-order valence-electron chi connectivity index (χ2n) is 8.45. The molecule has 14 heteroatoms. The average molecular weight is 535 g/mol. The Bertz CT molecular complexity index is 1600. The van der Waals surface area contributed by atoms with Crippen LogP contribution in [0.2, 0.25) is 0 Å². The number of sulfonamides is 1. The van der Waals surface area contributed by atoms with Gasteiger partial charge in [-0.25, -0.2) is 22.8 Å². The monoisotopic (exact) mass is 535 g/mol. The SMILES string of the molecule is O=C(NCc1cc(-c2ncc(C(F)(F)F)cn2)ccn1)C1(NS(=O)(=O)c2cc3cc(F)ccc3o2)CC1. The summed E-state index contributed by atoms with van der Waals surface area (Å²) >= 11 is 0. The first-order valence-electron chi connectivity index (χ1n) is 10.8. The van der Waals surface area contributed by atoms with Gasteiger partial charge >= 0.3 is 6.18 Å². The van der Waals surface area contributed by atoms with Crippen molar-refractivity contribution in [3.63, 3.8) is 0 Å². The molecule has 0 radical (unpaired) electrons. The zero-order chi connectivity index (χ0) is 26.4. The molecule has 0 bridgehead atoms. The molecule has 0 aliphatic heterocycles. The Labute approximate surface area is 207 Å². The maximum Gasteiger partial charge on any atom is 0.419 e. The van der Waals surface area contributed by atoms with Gasteiger partial charge in [0.05, 0.1) is 17.8 Å². The Balaban J connectivity index is 1.26. The second-order valence-corrected chi connectivity index (χ2v) is 10.1. The van der Waals surface area contributed by atoms with E-state index in [1.54, 1.807) is 0 Å². The number of amides is 1. The first kappa shape index (κ1) is 24.8. The van der Waals surface area contributed by atoms with E-state index in [0.29, 0.717) is 23.7 Å². The highest BCUT2D eigenvalue weighted by molar-refractivity contribution is 7.89. The molecule has 0 unspecified atom stereocenters. The maximum absolute atomic E-state index is 13.4. The van der Waals surface area contributed by atoms with Crippen molar-refractivity contribution >= 4 is 26.9 Å². The topological polar surface area (TPSA) is 127 Å². The van der Waals surface area contributed by atoms with Crippen molar-refractivity contribution in [3.8, 4) is 11.4 Å². The molecule has 1 aliphatic carbocycles. The zero-order valence-electron chi connectivity index (χ0n) is 18.7. The highest BCUT2D eigenvalue weighted by Crippen LogP contribution is 2.38. The largest absolute Gasteiger partial charge is 0.443 e. The van der Waals surface area contributed by atoms with Crippen molar-refractivity contribution in [3.05, 3.63) is 72.1 Å². The Morgan fingerprint density at radius 1 is 1.05 bits per heavy atom. The number of aromatic nitrogens is 3. The van der Waals surface area contributed by atoms with E-state index in [0.717, 1.165) is 12.1 Å². The quantitative estimate of drug-likeness (QED) is 0.347. The first-order valence-corrected chi connectivity index (χ1v) is 12.3. The van der Waals surface area contributed by atoms with Crippen LogP contribution in [0.4, 0.5) is 17.6 Å². The van der Waals surface area contributed by atoms with E-state index in [1.807, 2.05) is 0 Å². The van der Waals surface area contributed by atoms with Crippen molar-refractivity contribution in [2.75, 3.05) is 0 Å². The van der Waals surface area contributed by atoms with Gasteiger partial charge in [-0.05, 0) is 43.2 Å². The molecule has 1 amide bonds. The molecule has 1 aromatic carbocycles. The number of carbonyl (C=O) groups is 1. The number of halogens is 4. The van der Waals surface area contributed by atoms with Gasteiger partial charge in [-0.1, -0.05) is 0 Å². The number of hydrogen-bond acceptors (Lipinski definition) is 7. The van der Waals surface area contributed by atoms with Gasteiger partial charge in [0.15, 0.2) is 5.82 Å². The van der Waals surface area contributed by atoms with Crippen LogP contribution in [0.3, 0.4) is 0 Å². The lowest BCUT2D eigenvalue weighted by atomic mass is 10.2. The van der Waals surface area contributed by atoms with Gasteiger partial charge in [0, 0.05) is 35.6 Å². The van der Waals surface area contributed by atoms with E-state index in [9.17, 15) is 30.8 Å². The number of carbonyl (C=O) groups excluding carboxylic acids is 1. The summed E-state index contributed by atoms with van der Waals surface area (Å²) in [5.41, 5.74) is -1.44. The predicted molar refractivity (Wildman–Crippen MR) is 121 cm³/mol. The summed E-state index contributed by atoms with van der Waals surface area (Å²) < 4.78 is 85.0. The molecule has 0 saturated heterocycles. The van der Waals surface area contributed by atoms with Crippen LogP contribution in [0.15, 0.2) is 64.5 Å². The van der Waals surface area contributed by atoms with Gasteiger partial charge in [-0.3, -0.25) is 9.78 Å². The molecule has 1 fully saturated rings. The smallest absolute Gasteiger partial charge is 0.419 e. The van der Waals surface area contributed by atoms with Crippen LogP contribution < -0.4 is 10.0 Å². The van der Waals surface area contributed by atoms with Gasteiger partial charge in [-0.2, -0.15) is 17.9 Å². The van der Waals surface area contributed by atoms with Crippen LogP contribution in [-0.2, 0) is 27.5 Å². The number of rotatable bonds is 7. The summed E-state index contributed by atoms with van der Waals surface area (Å²) in [7, 11) is -4.23. The first-order chi connectivity index (χ1) is 17.5. The summed E-state index contributed by atoms with van der Waals surface area (Å²) in [4.78, 5) is 24.4. The van der Waals surface area contributed by atoms with Gasteiger partial charge in [-0.15, -0.1) is 0 Å². The molecule has 3 aromatic heterocycles. The van der Waals surface area contributed by atoms with Gasteiger partial charge in [0.1, 0.15) is 16.9 Å². The average Bonchev–Trinajstić information content (AvgIpc) is 3.49. The molecule has 5 rings (SSSR count). The van der Waals surface area contributed by atoms with Crippen LogP contribution in [0.1, 0.15) is 24.1 Å². The van der Waals surface area contributed by atoms with E-state index < -0.39 is 44.1 Å². The third-order valence-electron chi connectivity index (χ3n) is 5.72. The van der Waals surface area contributed by atoms with Crippen LogP contribution in [0.25, 0.3) is 22.4 Å². The normalized spacial score (nSPS) is 15.0. The molecular formula is C23H17F4N5O4S. The number of pyridine rings is 1. The van der Waals surface area contributed by atoms with Crippen LogP contribution >= 0.6 is 0 Å². The van der Waals surface area contributed by atoms with Crippen molar-refractivity contribution in [1.29, 1.82) is 0 Å². The molecule has 1 saturated carbocycles. The summed E-state index contributed by atoms with van der Waals surface area (Å²) in [6.07, 6.45) is -1.33. The van der Waals surface area contributed by atoms with Gasteiger partial charge < -0.3 is 9.73 Å². The molecule has 0 atom stereocenters. The van der Waals surface area contributed by atoms with E-state index >= 15 is 0 Å². The maximum atomic E-state index is 13.4. The van der Waals surface area contributed by atoms with E-state index in [-0.39, 0.29) is 36.2 Å². The number of furan rings is 1. The van der Waals surface area contributed by atoms with E-state index in [4.69, 9.17) is 4.42 Å². The molecule has 4 aromatic rings. The fourth-order valence-corrected chi connectivity index (χ4v) is 5.00. The fourth-order valence-electron chi connectivity index (χ4n) is 3.61. The van der Waals surface area contributed by atoms with Crippen molar-refractivity contribution in [2.45, 2.75) is 36.2 Å². The lowest BCUT2D eigenvalue weighted by Crippen LogP contribution is -2.48. The molecular weight excluding hydrogens is 518 g/mol. The van der Waals surface area contributed by atoms with Crippen molar-refractivity contribution < 1.29 is 35.2 Å². The number of nitrogens with one attached hydrogen (secondary N) is 2.